The number of hydrogen-bond acceptors (Lipinski definition) is 3. The molecule has 0 saturated heterocycles. The molecule has 2 aromatic rings. The average molecular weight is 263 g/mol. The highest BCUT2D eigenvalue weighted by Gasteiger charge is 2.23. The number of hydrogen-bond donors (Lipinski definition) is 1. The molecule has 19 heavy (non-hydrogen) atoms. The summed E-state index contributed by atoms with van der Waals surface area (Å²) in [6.07, 6.45) is 2.43. The molecule has 0 bridgehead atoms. The highest BCUT2D eigenvalue weighted by molar-refractivity contribution is 5.85. The van der Waals surface area contributed by atoms with Crippen LogP contribution in [0.4, 0.5) is 4.39 Å². The predicted octanol–water partition coefficient (Wildman–Crippen LogP) is 3.28. The lowest BCUT2D eigenvalue weighted by Gasteiger charge is -2.03. The molecule has 1 saturated carbocycles. The van der Waals surface area contributed by atoms with Crippen LogP contribution >= 0.6 is 0 Å². The molecule has 0 amide bonds. The van der Waals surface area contributed by atoms with Gasteiger partial charge < -0.3 is 14.5 Å². The van der Waals surface area contributed by atoms with Gasteiger partial charge in [0.2, 0.25) is 0 Å². The number of rotatable bonds is 5. The smallest absolute Gasteiger partial charge is 0.140 e. The maximum Gasteiger partial charge on any atom is 0.140 e. The molecule has 1 aromatic carbocycles. The van der Waals surface area contributed by atoms with E-state index >= 15 is 0 Å². The zero-order valence-corrected chi connectivity index (χ0v) is 11.3. The third-order valence-corrected chi connectivity index (χ3v) is 3.58. The first kappa shape index (κ1) is 12.6. The molecule has 3 rings (SSSR count). The molecule has 102 valence electrons. The standard InChI is InChI=1S/C15H18FNO2/c1-9-3-6-12(16)14-11(8-18-2)13(19-15(9)14)7-17-10-4-5-10/h3,6,10,17H,4-5,7-8H2,1-2H3. The van der Waals surface area contributed by atoms with E-state index in [1.54, 1.807) is 13.2 Å². The molecule has 0 aliphatic heterocycles. The SMILES string of the molecule is COCc1c(CNC2CC2)oc2c(C)ccc(F)c12. The fourth-order valence-electron chi connectivity index (χ4n) is 2.36. The number of aryl methyl sites for hydroxylation is 1. The second-order valence-electron chi connectivity index (χ2n) is 5.16. The molecule has 1 aromatic heterocycles. The van der Waals surface area contributed by atoms with Crippen molar-refractivity contribution >= 4 is 11.0 Å². The Kier molecular flexibility index (Phi) is 3.29. The maximum atomic E-state index is 14.0. The molecule has 0 spiro atoms. The quantitative estimate of drug-likeness (QED) is 0.899. The van der Waals surface area contributed by atoms with Gasteiger partial charge in [-0.25, -0.2) is 4.39 Å². The average Bonchev–Trinajstić information content (AvgIpc) is 3.15. The van der Waals surface area contributed by atoms with Crippen molar-refractivity contribution in [3.8, 4) is 0 Å². The molecule has 0 unspecified atom stereocenters. The molecule has 1 fully saturated rings. The lowest BCUT2D eigenvalue weighted by atomic mass is 10.1. The van der Waals surface area contributed by atoms with Crippen LogP contribution in [0, 0.1) is 12.7 Å². The maximum absolute atomic E-state index is 14.0. The molecule has 1 aliphatic carbocycles. The second-order valence-corrected chi connectivity index (χ2v) is 5.16. The predicted molar refractivity (Wildman–Crippen MR) is 71.5 cm³/mol. The van der Waals surface area contributed by atoms with Gasteiger partial charge in [0.15, 0.2) is 0 Å². The van der Waals surface area contributed by atoms with Crippen LogP contribution in [0.2, 0.25) is 0 Å². The van der Waals surface area contributed by atoms with Gasteiger partial charge in [-0.2, -0.15) is 0 Å². The van der Waals surface area contributed by atoms with Crippen LogP contribution in [0.25, 0.3) is 11.0 Å². The van der Waals surface area contributed by atoms with Gasteiger partial charge in [-0.1, -0.05) is 6.07 Å². The Balaban J connectivity index is 2.05. The zero-order chi connectivity index (χ0) is 13.4. The normalized spacial score (nSPS) is 15.3. The summed E-state index contributed by atoms with van der Waals surface area (Å²) >= 11 is 0. The summed E-state index contributed by atoms with van der Waals surface area (Å²) < 4.78 is 25.1. The van der Waals surface area contributed by atoms with Crippen molar-refractivity contribution in [3.05, 3.63) is 34.8 Å². The Bertz CT molecular complexity index is 602. The lowest BCUT2D eigenvalue weighted by Crippen LogP contribution is -2.15. The van der Waals surface area contributed by atoms with E-state index in [1.165, 1.54) is 18.9 Å². The topological polar surface area (TPSA) is 34.4 Å². The number of nitrogens with one attached hydrogen (secondary N) is 1. The minimum Gasteiger partial charge on any atom is -0.459 e. The van der Waals surface area contributed by atoms with Crippen molar-refractivity contribution in [2.24, 2.45) is 0 Å². The van der Waals surface area contributed by atoms with Gasteiger partial charge in [0.1, 0.15) is 17.2 Å². The Labute approximate surface area is 111 Å². The number of halogens is 1. The summed E-state index contributed by atoms with van der Waals surface area (Å²) in [6.45, 7) is 2.94. The first-order valence-corrected chi connectivity index (χ1v) is 6.62. The number of furan rings is 1. The van der Waals surface area contributed by atoms with Crippen molar-refractivity contribution < 1.29 is 13.5 Å². The molecular weight excluding hydrogens is 245 g/mol. The summed E-state index contributed by atoms with van der Waals surface area (Å²) in [5.74, 6) is 0.547. The minimum atomic E-state index is -0.242. The highest BCUT2D eigenvalue weighted by Crippen LogP contribution is 2.32. The molecule has 1 heterocycles. The monoisotopic (exact) mass is 263 g/mol. The first-order chi connectivity index (χ1) is 9.20. The van der Waals surface area contributed by atoms with Crippen LogP contribution in [-0.4, -0.2) is 13.2 Å². The van der Waals surface area contributed by atoms with Gasteiger partial charge in [-0.3, -0.25) is 0 Å². The summed E-state index contributed by atoms with van der Waals surface area (Å²) in [5, 5.41) is 3.96. The van der Waals surface area contributed by atoms with E-state index in [0.29, 0.717) is 30.2 Å². The zero-order valence-electron chi connectivity index (χ0n) is 11.3. The van der Waals surface area contributed by atoms with E-state index in [9.17, 15) is 4.39 Å². The van der Waals surface area contributed by atoms with Crippen molar-refractivity contribution in [1.82, 2.24) is 5.32 Å². The van der Waals surface area contributed by atoms with E-state index in [-0.39, 0.29) is 5.82 Å². The Morgan fingerprint density at radius 1 is 1.42 bits per heavy atom. The molecule has 0 atom stereocenters. The third-order valence-electron chi connectivity index (χ3n) is 3.58. The number of methoxy groups -OCH3 is 1. The molecule has 1 N–H and O–H groups in total. The number of benzene rings is 1. The van der Waals surface area contributed by atoms with Crippen molar-refractivity contribution in [2.75, 3.05) is 7.11 Å². The second kappa shape index (κ2) is 4.94. The van der Waals surface area contributed by atoms with Gasteiger partial charge in [-0.15, -0.1) is 0 Å². The minimum absolute atomic E-state index is 0.242. The van der Waals surface area contributed by atoms with Gasteiger partial charge >= 0.3 is 0 Å². The number of ether oxygens (including phenoxy) is 1. The van der Waals surface area contributed by atoms with Crippen molar-refractivity contribution in [3.63, 3.8) is 0 Å². The van der Waals surface area contributed by atoms with Crippen molar-refractivity contribution in [2.45, 2.75) is 39.0 Å². The highest BCUT2D eigenvalue weighted by atomic mass is 19.1. The van der Waals surface area contributed by atoms with Gasteiger partial charge in [0.25, 0.3) is 0 Å². The summed E-state index contributed by atoms with van der Waals surface area (Å²) in [6, 6.07) is 3.83. The summed E-state index contributed by atoms with van der Waals surface area (Å²) in [7, 11) is 1.62. The van der Waals surface area contributed by atoms with Gasteiger partial charge in [-0.05, 0) is 31.4 Å². The van der Waals surface area contributed by atoms with E-state index in [0.717, 1.165) is 16.9 Å². The molecule has 4 heteroatoms. The molecule has 3 nitrogen and oxygen atoms in total. The fourth-order valence-corrected chi connectivity index (χ4v) is 2.36. The van der Waals surface area contributed by atoms with E-state index in [1.807, 2.05) is 6.92 Å². The fraction of sp³-hybridized carbons (Fsp3) is 0.467. The van der Waals surface area contributed by atoms with Crippen LogP contribution in [0.15, 0.2) is 16.5 Å². The Morgan fingerprint density at radius 3 is 2.89 bits per heavy atom. The number of fused-ring (bicyclic) bond motifs is 1. The van der Waals surface area contributed by atoms with Gasteiger partial charge in [0.05, 0.1) is 18.5 Å². The van der Waals surface area contributed by atoms with Crippen LogP contribution < -0.4 is 5.32 Å². The lowest BCUT2D eigenvalue weighted by molar-refractivity contribution is 0.183. The molecular formula is C15H18FNO2. The summed E-state index contributed by atoms with van der Waals surface area (Å²) in [5.41, 5.74) is 2.41. The van der Waals surface area contributed by atoms with Crippen LogP contribution in [-0.2, 0) is 17.9 Å². The van der Waals surface area contributed by atoms with E-state index in [2.05, 4.69) is 5.32 Å². The Hall–Kier alpha value is -1.39. The van der Waals surface area contributed by atoms with Gasteiger partial charge in [0, 0.05) is 18.7 Å². The first-order valence-electron chi connectivity index (χ1n) is 6.62. The third kappa shape index (κ3) is 2.38. The molecule has 1 aliphatic rings. The summed E-state index contributed by atoms with van der Waals surface area (Å²) in [4.78, 5) is 0. The van der Waals surface area contributed by atoms with Crippen molar-refractivity contribution in [1.29, 1.82) is 0 Å². The van der Waals surface area contributed by atoms with Crippen LogP contribution in [0.3, 0.4) is 0 Å². The van der Waals surface area contributed by atoms with E-state index in [4.69, 9.17) is 9.15 Å². The largest absolute Gasteiger partial charge is 0.459 e. The Morgan fingerprint density at radius 2 is 2.21 bits per heavy atom. The van der Waals surface area contributed by atoms with Crippen LogP contribution in [0.5, 0.6) is 0 Å². The molecule has 0 radical (unpaired) electrons. The van der Waals surface area contributed by atoms with Crippen LogP contribution in [0.1, 0.15) is 29.7 Å². The van der Waals surface area contributed by atoms with E-state index < -0.39 is 0 Å².